The van der Waals surface area contributed by atoms with E-state index >= 15 is 0 Å². The summed E-state index contributed by atoms with van der Waals surface area (Å²) in [5.74, 6) is -1.25. The first-order valence-corrected chi connectivity index (χ1v) is 16.4. The van der Waals surface area contributed by atoms with E-state index in [0.717, 1.165) is 22.3 Å². The number of carboxylic acids is 1. The van der Waals surface area contributed by atoms with Gasteiger partial charge in [0.25, 0.3) is 0 Å². The molecule has 9 nitrogen and oxygen atoms in total. The summed E-state index contributed by atoms with van der Waals surface area (Å²) in [6.07, 6.45) is -0.617. The standard InChI is InChI=1S/C39H33N3O6S/c1-26(47-41-36(39(44)45)32-25-49-27(2)40-32)33-23-34(43)35(46-37(28-15-7-3-8-16-28)29-17-9-4-10-18-29)24-42(33)48-38(30-19-11-5-12-20-30)31-21-13-6-14-22-31/h3-26,37-38H,1-2H3,(H,44,45)/b41-36-/t26-/m0/s1. The lowest BCUT2D eigenvalue weighted by molar-refractivity contribution is -0.129. The topological polar surface area (TPSA) is 112 Å². The van der Waals surface area contributed by atoms with Crippen LogP contribution < -0.4 is 15.0 Å². The van der Waals surface area contributed by atoms with Gasteiger partial charge in [-0.05, 0) is 36.1 Å². The van der Waals surface area contributed by atoms with Crippen molar-refractivity contribution < 1.29 is 24.3 Å². The Kier molecular flexibility index (Phi) is 10.3. The molecule has 0 saturated heterocycles. The minimum absolute atomic E-state index is 0.0428. The molecule has 49 heavy (non-hydrogen) atoms. The molecular weight excluding hydrogens is 639 g/mol. The summed E-state index contributed by atoms with van der Waals surface area (Å²) in [7, 11) is 0. The van der Waals surface area contributed by atoms with Crippen molar-refractivity contribution >= 4 is 23.0 Å². The van der Waals surface area contributed by atoms with E-state index in [4.69, 9.17) is 14.4 Å². The van der Waals surface area contributed by atoms with E-state index in [2.05, 4.69) is 10.1 Å². The highest BCUT2D eigenvalue weighted by atomic mass is 32.1. The first-order valence-electron chi connectivity index (χ1n) is 15.6. The second-order valence-electron chi connectivity index (χ2n) is 11.1. The van der Waals surface area contributed by atoms with Crippen molar-refractivity contribution in [3.63, 3.8) is 0 Å². The number of nitrogens with zero attached hydrogens (tertiary/aromatic N) is 3. The maximum Gasteiger partial charge on any atom is 0.360 e. The summed E-state index contributed by atoms with van der Waals surface area (Å²) in [5, 5.41) is 16.1. The molecule has 0 amide bonds. The number of oxime groups is 1. The highest BCUT2D eigenvalue weighted by Gasteiger charge is 2.25. The van der Waals surface area contributed by atoms with Crippen LogP contribution in [0.25, 0.3) is 0 Å². The fourth-order valence-electron chi connectivity index (χ4n) is 5.24. The summed E-state index contributed by atoms with van der Waals surface area (Å²) in [5.41, 5.74) is 3.15. The SMILES string of the molecule is Cc1nc(/C(=N/O[C@@H](C)c2cc(=O)c(OC(c3ccccc3)c3ccccc3)cn2OC(c2ccccc2)c2ccccc2)C(=O)O)cs1. The predicted octanol–water partition coefficient (Wildman–Crippen LogP) is 7.57. The Hall–Kier alpha value is -6.00. The monoisotopic (exact) mass is 671 g/mol. The number of ether oxygens (including phenoxy) is 1. The van der Waals surface area contributed by atoms with Crippen LogP contribution in [0.2, 0.25) is 0 Å². The van der Waals surface area contributed by atoms with E-state index in [1.165, 1.54) is 28.3 Å². The third-order valence-corrected chi connectivity index (χ3v) is 8.44. The summed E-state index contributed by atoms with van der Waals surface area (Å²) in [4.78, 5) is 42.6. The van der Waals surface area contributed by atoms with Crippen LogP contribution in [0.4, 0.5) is 0 Å². The van der Waals surface area contributed by atoms with Crippen LogP contribution in [0.1, 0.15) is 63.9 Å². The molecule has 0 aliphatic rings. The van der Waals surface area contributed by atoms with Gasteiger partial charge in [0, 0.05) is 11.4 Å². The van der Waals surface area contributed by atoms with Crippen molar-refractivity contribution in [2.75, 3.05) is 0 Å². The molecule has 0 bridgehead atoms. The minimum atomic E-state index is -1.30. The van der Waals surface area contributed by atoms with E-state index in [1.807, 2.05) is 121 Å². The van der Waals surface area contributed by atoms with Crippen LogP contribution in [-0.4, -0.2) is 26.5 Å². The zero-order chi connectivity index (χ0) is 34.2. The van der Waals surface area contributed by atoms with Gasteiger partial charge in [0.15, 0.2) is 18.0 Å². The number of rotatable bonds is 13. The molecule has 1 atom stereocenters. The van der Waals surface area contributed by atoms with Gasteiger partial charge in [-0.2, -0.15) is 4.73 Å². The minimum Gasteiger partial charge on any atom is -0.476 e. The third kappa shape index (κ3) is 7.94. The highest BCUT2D eigenvalue weighted by Crippen LogP contribution is 2.30. The molecular formula is C39H33N3O6S. The van der Waals surface area contributed by atoms with E-state index < -0.39 is 29.7 Å². The fourth-order valence-corrected chi connectivity index (χ4v) is 5.84. The number of benzene rings is 4. The second-order valence-corrected chi connectivity index (χ2v) is 12.2. The van der Waals surface area contributed by atoms with Crippen LogP contribution in [0.15, 0.2) is 149 Å². The number of pyridine rings is 1. The lowest BCUT2D eigenvalue weighted by Crippen LogP contribution is -2.27. The van der Waals surface area contributed by atoms with Gasteiger partial charge in [-0.1, -0.05) is 126 Å². The number of aromatic nitrogens is 2. The molecule has 10 heteroatoms. The van der Waals surface area contributed by atoms with Crippen LogP contribution in [0.3, 0.4) is 0 Å². The first-order chi connectivity index (χ1) is 23.9. The van der Waals surface area contributed by atoms with Gasteiger partial charge >= 0.3 is 5.97 Å². The smallest absolute Gasteiger partial charge is 0.360 e. The number of hydrogen-bond acceptors (Lipinski definition) is 8. The van der Waals surface area contributed by atoms with Gasteiger partial charge in [-0.25, -0.2) is 9.78 Å². The number of aryl methyl sites for hydroxylation is 1. The maximum atomic E-state index is 13.8. The van der Waals surface area contributed by atoms with Gasteiger partial charge < -0.3 is 19.5 Å². The molecule has 0 saturated carbocycles. The molecule has 6 aromatic rings. The lowest BCUT2D eigenvalue weighted by Gasteiger charge is -2.26. The zero-order valence-electron chi connectivity index (χ0n) is 26.7. The van der Waals surface area contributed by atoms with Crippen LogP contribution in [0, 0.1) is 6.92 Å². The fraction of sp³-hybridized carbons (Fsp3) is 0.128. The van der Waals surface area contributed by atoms with Gasteiger partial charge in [-0.15, -0.1) is 11.3 Å². The quantitative estimate of drug-likeness (QED) is 0.0996. The Bertz CT molecular complexity index is 2010. The van der Waals surface area contributed by atoms with Crippen molar-refractivity contribution in [1.82, 2.24) is 9.71 Å². The predicted molar refractivity (Wildman–Crippen MR) is 188 cm³/mol. The average molecular weight is 672 g/mol. The van der Waals surface area contributed by atoms with Gasteiger partial charge in [0.05, 0.1) is 11.2 Å². The maximum absolute atomic E-state index is 13.8. The van der Waals surface area contributed by atoms with Gasteiger partial charge in [-0.3, -0.25) is 4.79 Å². The Morgan fingerprint density at radius 1 is 0.796 bits per heavy atom. The Morgan fingerprint density at radius 2 is 1.29 bits per heavy atom. The Balaban J connectivity index is 1.44. The Labute approximate surface area is 287 Å². The molecule has 0 aliphatic carbocycles. The van der Waals surface area contributed by atoms with Gasteiger partial charge in [0.1, 0.15) is 17.5 Å². The molecule has 0 aliphatic heterocycles. The molecule has 1 N–H and O–H groups in total. The summed E-state index contributed by atoms with van der Waals surface area (Å²) < 4.78 is 7.96. The van der Waals surface area contributed by atoms with Gasteiger partial charge in [0.2, 0.25) is 11.1 Å². The summed E-state index contributed by atoms with van der Waals surface area (Å²) >= 11 is 1.30. The molecule has 0 fully saturated rings. The summed E-state index contributed by atoms with van der Waals surface area (Å²) in [6, 6.07) is 40.0. The molecule has 6 rings (SSSR count). The number of hydrogen-bond donors (Lipinski definition) is 1. The van der Waals surface area contributed by atoms with Crippen molar-refractivity contribution in [2.24, 2.45) is 5.16 Å². The summed E-state index contributed by atoms with van der Waals surface area (Å²) in [6.45, 7) is 3.42. The second kappa shape index (κ2) is 15.3. The van der Waals surface area contributed by atoms with Crippen LogP contribution >= 0.6 is 11.3 Å². The number of carbonyl (C=O) groups is 1. The number of carboxylic acid groups (broad SMARTS) is 1. The molecule has 2 heterocycles. The average Bonchev–Trinajstić information content (AvgIpc) is 3.57. The molecule has 0 spiro atoms. The highest BCUT2D eigenvalue weighted by molar-refractivity contribution is 7.09. The van der Waals surface area contributed by atoms with Crippen molar-refractivity contribution in [3.05, 3.63) is 188 Å². The van der Waals surface area contributed by atoms with E-state index in [1.54, 1.807) is 19.2 Å². The molecule has 0 unspecified atom stereocenters. The van der Waals surface area contributed by atoms with E-state index in [9.17, 15) is 14.7 Å². The van der Waals surface area contributed by atoms with Crippen molar-refractivity contribution in [3.8, 4) is 5.75 Å². The lowest BCUT2D eigenvalue weighted by atomic mass is 10.0. The van der Waals surface area contributed by atoms with E-state index in [-0.39, 0.29) is 22.8 Å². The third-order valence-electron chi connectivity index (χ3n) is 7.67. The largest absolute Gasteiger partial charge is 0.476 e. The molecule has 0 radical (unpaired) electrons. The number of aliphatic carboxylic acids is 1. The molecule has 4 aromatic carbocycles. The molecule has 246 valence electrons. The van der Waals surface area contributed by atoms with Crippen LogP contribution in [-0.2, 0) is 9.63 Å². The normalized spacial score (nSPS) is 12.1. The first kappa shape index (κ1) is 32.9. The van der Waals surface area contributed by atoms with Crippen molar-refractivity contribution in [2.45, 2.75) is 32.2 Å². The van der Waals surface area contributed by atoms with Crippen LogP contribution in [0.5, 0.6) is 5.75 Å². The number of thiazole rings is 1. The van der Waals surface area contributed by atoms with Crippen molar-refractivity contribution in [1.29, 1.82) is 0 Å². The van der Waals surface area contributed by atoms with E-state index in [0.29, 0.717) is 5.01 Å². The molecule has 2 aromatic heterocycles. The zero-order valence-corrected chi connectivity index (χ0v) is 27.6. The Morgan fingerprint density at radius 3 is 1.73 bits per heavy atom.